The van der Waals surface area contributed by atoms with Gasteiger partial charge in [0.05, 0.1) is 11.1 Å². The van der Waals surface area contributed by atoms with Crippen LogP contribution < -0.4 is 0 Å². The van der Waals surface area contributed by atoms with Gasteiger partial charge in [-0.2, -0.15) is 0 Å². The molecule has 0 radical (unpaired) electrons. The van der Waals surface area contributed by atoms with Gasteiger partial charge in [0.15, 0.2) is 0 Å². The molecule has 0 bridgehead atoms. The molecule has 0 saturated heterocycles. The van der Waals surface area contributed by atoms with Crippen LogP contribution in [0.15, 0.2) is 36.4 Å². The number of hydrogen-bond donors (Lipinski definition) is 2. The zero-order valence-electron chi connectivity index (χ0n) is 13.2. The van der Waals surface area contributed by atoms with Crippen LogP contribution in [0.3, 0.4) is 0 Å². The van der Waals surface area contributed by atoms with Crippen LogP contribution in [-0.4, -0.2) is 22.2 Å². The van der Waals surface area contributed by atoms with E-state index in [1.165, 1.54) is 0 Å². The van der Waals surface area contributed by atoms with E-state index in [9.17, 15) is 9.59 Å². The Kier molecular flexibility index (Phi) is 5.87. The molecule has 2 aromatic carbocycles. The Morgan fingerprint density at radius 2 is 1.00 bits per heavy atom. The van der Waals surface area contributed by atoms with Gasteiger partial charge in [0.25, 0.3) is 0 Å². The summed E-state index contributed by atoms with van der Waals surface area (Å²) in [6.45, 7) is 7.49. The number of benzene rings is 2. The normalized spacial score (nSPS) is 9.64. The standard InChI is InChI=1S/2C9H10O2/c2*1-6-3-4-8(9(10)11)7(2)5-6/h2*3-5H,1-2H3,(H,10,11). The van der Waals surface area contributed by atoms with E-state index in [4.69, 9.17) is 10.2 Å². The smallest absolute Gasteiger partial charge is 0.335 e. The monoisotopic (exact) mass is 300 g/mol. The summed E-state index contributed by atoms with van der Waals surface area (Å²) in [5.41, 5.74) is 4.58. The predicted octanol–water partition coefficient (Wildman–Crippen LogP) is 4.00. The number of carboxylic acid groups (broad SMARTS) is 2. The Labute approximate surface area is 130 Å². The minimum Gasteiger partial charge on any atom is -0.478 e. The van der Waals surface area contributed by atoms with Gasteiger partial charge in [-0.15, -0.1) is 0 Å². The van der Waals surface area contributed by atoms with Crippen molar-refractivity contribution in [1.82, 2.24) is 0 Å². The van der Waals surface area contributed by atoms with Crippen LogP contribution >= 0.6 is 0 Å². The summed E-state index contributed by atoms with van der Waals surface area (Å²) in [4.78, 5) is 21.1. The van der Waals surface area contributed by atoms with E-state index >= 15 is 0 Å². The highest BCUT2D eigenvalue weighted by atomic mass is 16.4. The van der Waals surface area contributed by atoms with Gasteiger partial charge in [-0.1, -0.05) is 35.4 Å². The van der Waals surface area contributed by atoms with Crippen LogP contribution in [0.4, 0.5) is 0 Å². The zero-order chi connectivity index (χ0) is 16.9. The summed E-state index contributed by atoms with van der Waals surface area (Å²) >= 11 is 0. The number of carbonyl (C=O) groups is 2. The average Bonchev–Trinajstić information content (AvgIpc) is 2.38. The lowest BCUT2D eigenvalue weighted by molar-refractivity contribution is 0.0685. The molecule has 0 unspecified atom stereocenters. The van der Waals surface area contributed by atoms with Crippen LogP contribution in [0, 0.1) is 27.7 Å². The molecule has 2 aromatic rings. The van der Waals surface area contributed by atoms with Gasteiger partial charge in [0.2, 0.25) is 0 Å². The second-order valence-corrected chi connectivity index (χ2v) is 5.25. The highest BCUT2D eigenvalue weighted by Crippen LogP contribution is 2.10. The van der Waals surface area contributed by atoms with Crippen molar-refractivity contribution in [2.45, 2.75) is 27.7 Å². The van der Waals surface area contributed by atoms with Gasteiger partial charge >= 0.3 is 11.9 Å². The van der Waals surface area contributed by atoms with E-state index in [1.54, 1.807) is 38.1 Å². The van der Waals surface area contributed by atoms with Crippen molar-refractivity contribution in [1.29, 1.82) is 0 Å². The van der Waals surface area contributed by atoms with Crippen molar-refractivity contribution in [3.63, 3.8) is 0 Å². The molecular formula is C18H20O4. The molecule has 0 aliphatic carbocycles. The van der Waals surface area contributed by atoms with Crippen LogP contribution in [0.2, 0.25) is 0 Å². The quantitative estimate of drug-likeness (QED) is 0.879. The molecule has 0 spiro atoms. The van der Waals surface area contributed by atoms with Crippen LogP contribution in [0.25, 0.3) is 0 Å². The summed E-state index contributed by atoms with van der Waals surface area (Å²) in [6, 6.07) is 10.6. The Hall–Kier alpha value is -2.62. The molecule has 0 aliphatic heterocycles. The maximum Gasteiger partial charge on any atom is 0.335 e. The van der Waals surface area contributed by atoms with Gasteiger partial charge in [0, 0.05) is 0 Å². The van der Waals surface area contributed by atoms with Crippen molar-refractivity contribution < 1.29 is 19.8 Å². The fourth-order valence-electron chi connectivity index (χ4n) is 2.11. The molecule has 116 valence electrons. The number of aromatic carboxylic acids is 2. The minimum absolute atomic E-state index is 0.385. The molecule has 4 nitrogen and oxygen atoms in total. The third-order valence-electron chi connectivity index (χ3n) is 3.22. The first-order valence-corrected chi connectivity index (χ1v) is 6.83. The molecule has 0 atom stereocenters. The first-order valence-electron chi connectivity index (χ1n) is 6.83. The molecular weight excluding hydrogens is 280 g/mol. The summed E-state index contributed by atoms with van der Waals surface area (Å²) in [7, 11) is 0. The maximum atomic E-state index is 10.5. The van der Waals surface area contributed by atoms with E-state index in [0.29, 0.717) is 11.1 Å². The molecule has 0 aromatic heterocycles. The fraction of sp³-hybridized carbons (Fsp3) is 0.222. The first kappa shape index (κ1) is 17.4. The van der Waals surface area contributed by atoms with E-state index in [1.807, 2.05) is 26.0 Å². The zero-order valence-corrected chi connectivity index (χ0v) is 13.2. The highest BCUT2D eigenvalue weighted by molar-refractivity contribution is 5.89. The third kappa shape index (κ3) is 4.74. The Morgan fingerprint density at radius 3 is 1.23 bits per heavy atom. The van der Waals surface area contributed by atoms with Gasteiger partial charge in [-0.3, -0.25) is 0 Å². The number of carboxylic acids is 2. The van der Waals surface area contributed by atoms with Crippen molar-refractivity contribution >= 4 is 11.9 Å². The van der Waals surface area contributed by atoms with Crippen LogP contribution in [0.1, 0.15) is 43.0 Å². The maximum absolute atomic E-state index is 10.5. The Morgan fingerprint density at radius 1 is 0.682 bits per heavy atom. The molecule has 0 saturated carbocycles. The number of aryl methyl sites for hydroxylation is 4. The number of hydrogen-bond acceptors (Lipinski definition) is 2. The van der Waals surface area contributed by atoms with Crippen molar-refractivity contribution in [2.24, 2.45) is 0 Å². The lowest BCUT2D eigenvalue weighted by Gasteiger charge is -2.00. The minimum atomic E-state index is -0.859. The Balaban J connectivity index is 0.000000220. The number of rotatable bonds is 2. The van der Waals surface area contributed by atoms with Crippen LogP contribution in [0.5, 0.6) is 0 Å². The van der Waals surface area contributed by atoms with Gasteiger partial charge < -0.3 is 10.2 Å². The molecule has 0 fully saturated rings. The molecule has 4 heteroatoms. The topological polar surface area (TPSA) is 74.6 Å². The van der Waals surface area contributed by atoms with Gasteiger partial charge in [0.1, 0.15) is 0 Å². The van der Waals surface area contributed by atoms with Crippen LogP contribution in [-0.2, 0) is 0 Å². The SMILES string of the molecule is Cc1ccc(C(=O)O)c(C)c1.Cc1ccc(C(=O)O)c(C)c1. The lowest BCUT2D eigenvalue weighted by atomic mass is 10.1. The second-order valence-electron chi connectivity index (χ2n) is 5.25. The van der Waals surface area contributed by atoms with E-state index < -0.39 is 11.9 Å². The van der Waals surface area contributed by atoms with E-state index in [2.05, 4.69) is 0 Å². The lowest BCUT2D eigenvalue weighted by Crippen LogP contribution is -1.99. The fourth-order valence-corrected chi connectivity index (χ4v) is 2.11. The largest absolute Gasteiger partial charge is 0.478 e. The summed E-state index contributed by atoms with van der Waals surface area (Å²) in [5.74, 6) is -1.72. The summed E-state index contributed by atoms with van der Waals surface area (Å²) < 4.78 is 0. The van der Waals surface area contributed by atoms with Gasteiger partial charge in [-0.25, -0.2) is 9.59 Å². The van der Waals surface area contributed by atoms with E-state index in [-0.39, 0.29) is 0 Å². The summed E-state index contributed by atoms with van der Waals surface area (Å²) in [5, 5.41) is 17.3. The average molecular weight is 300 g/mol. The predicted molar refractivity (Wildman–Crippen MR) is 85.8 cm³/mol. The molecule has 0 amide bonds. The Bertz CT molecular complexity index is 641. The second kappa shape index (κ2) is 7.41. The third-order valence-corrected chi connectivity index (χ3v) is 3.22. The van der Waals surface area contributed by atoms with Crippen molar-refractivity contribution in [2.75, 3.05) is 0 Å². The molecule has 0 aliphatic rings. The first-order chi connectivity index (χ1) is 10.2. The highest BCUT2D eigenvalue weighted by Gasteiger charge is 2.05. The summed E-state index contributed by atoms with van der Waals surface area (Å²) in [6.07, 6.45) is 0. The molecule has 22 heavy (non-hydrogen) atoms. The van der Waals surface area contributed by atoms with Crippen molar-refractivity contribution in [3.05, 3.63) is 69.8 Å². The molecule has 2 rings (SSSR count). The molecule has 0 heterocycles. The van der Waals surface area contributed by atoms with Crippen molar-refractivity contribution in [3.8, 4) is 0 Å². The molecule has 2 N–H and O–H groups in total. The van der Waals surface area contributed by atoms with Gasteiger partial charge in [-0.05, 0) is 51.0 Å². The van der Waals surface area contributed by atoms with E-state index in [0.717, 1.165) is 22.3 Å².